The highest BCUT2D eigenvalue weighted by molar-refractivity contribution is 5.08. The molecule has 0 aliphatic carbocycles. The van der Waals surface area contributed by atoms with Gasteiger partial charge in [0.2, 0.25) is 0 Å². The summed E-state index contributed by atoms with van der Waals surface area (Å²) in [5.74, 6) is 0.843. The fourth-order valence-corrected chi connectivity index (χ4v) is 1.98. The van der Waals surface area contributed by atoms with Crippen molar-refractivity contribution in [1.82, 2.24) is 5.16 Å². The van der Waals surface area contributed by atoms with Crippen LogP contribution in [0.5, 0.6) is 0 Å². The molecule has 0 spiro atoms. The normalized spacial score (nSPS) is 12.9. The van der Waals surface area contributed by atoms with Crippen LogP contribution in [0.15, 0.2) is 10.6 Å². The van der Waals surface area contributed by atoms with E-state index in [0.29, 0.717) is 0 Å². The molecular weight excluding hydrogens is 212 g/mol. The molecule has 0 radical (unpaired) electrons. The highest BCUT2D eigenvalue weighted by atomic mass is 16.5. The van der Waals surface area contributed by atoms with Crippen LogP contribution in [-0.2, 0) is 6.42 Å². The van der Waals surface area contributed by atoms with Crippen LogP contribution in [0.2, 0.25) is 0 Å². The lowest BCUT2D eigenvalue weighted by molar-refractivity contribution is 0.349. The Kier molecular flexibility index (Phi) is 6.94. The predicted molar refractivity (Wildman–Crippen MR) is 70.8 cm³/mol. The van der Waals surface area contributed by atoms with Crippen molar-refractivity contribution in [2.24, 2.45) is 5.73 Å². The molecule has 1 aromatic heterocycles. The van der Waals surface area contributed by atoms with Crippen molar-refractivity contribution < 1.29 is 4.52 Å². The van der Waals surface area contributed by atoms with E-state index in [2.05, 4.69) is 19.0 Å². The van der Waals surface area contributed by atoms with Crippen LogP contribution in [0, 0.1) is 0 Å². The van der Waals surface area contributed by atoms with Crippen LogP contribution in [0.3, 0.4) is 0 Å². The van der Waals surface area contributed by atoms with Gasteiger partial charge in [-0.15, -0.1) is 0 Å². The van der Waals surface area contributed by atoms with E-state index in [1.54, 1.807) is 0 Å². The Hall–Kier alpha value is -0.830. The molecule has 0 saturated heterocycles. The SMILES string of the molecule is CCCCCCCc1cc(C(N)CCC)on1. The Labute approximate surface area is 105 Å². The Morgan fingerprint density at radius 1 is 1.18 bits per heavy atom. The van der Waals surface area contributed by atoms with Crippen molar-refractivity contribution in [2.75, 3.05) is 0 Å². The molecule has 1 rings (SSSR count). The van der Waals surface area contributed by atoms with Gasteiger partial charge in [-0.25, -0.2) is 0 Å². The highest BCUT2D eigenvalue weighted by Crippen LogP contribution is 2.17. The van der Waals surface area contributed by atoms with Crippen molar-refractivity contribution in [3.8, 4) is 0 Å². The molecule has 0 bridgehead atoms. The first-order chi connectivity index (χ1) is 8.27. The van der Waals surface area contributed by atoms with Gasteiger partial charge in [-0.3, -0.25) is 0 Å². The summed E-state index contributed by atoms with van der Waals surface area (Å²) in [5, 5.41) is 4.08. The van der Waals surface area contributed by atoms with Crippen molar-refractivity contribution in [3.63, 3.8) is 0 Å². The van der Waals surface area contributed by atoms with Crippen molar-refractivity contribution in [1.29, 1.82) is 0 Å². The van der Waals surface area contributed by atoms with E-state index in [4.69, 9.17) is 10.3 Å². The number of unbranched alkanes of at least 4 members (excludes halogenated alkanes) is 4. The number of aromatic nitrogens is 1. The lowest BCUT2D eigenvalue weighted by atomic mass is 10.1. The van der Waals surface area contributed by atoms with Crippen LogP contribution in [0.1, 0.15) is 76.3 Å². The summed E-state index contributed by atoms with van der Waals surface area (Å²) in [6.45, 7) is 4.36. The van der Waals surface area contributed by atoms with E-state index in [1.165, 1.54) is 32.1 Å². The largest absolute Gasteiger partial charge is 0.359 e. The quantitative estimate of drug-likeness (QED) is 0.662. The molecule has 17 heavy (non-hydrogen) atoms. The van der Waals surface area contributed by atoms with Gasteiger partial charge in [0.05, 0.1) is 11.7 Å². The van der Waals surface area contributed by atoms with E-state index in [9.17, 15) is 0 Å². The lowest BCUT2D eigenvalue weighted by Crippen LogP contribution is -2.08. The average molecular weight is 238 g/mol. The van der Waals surface area contributed by atoms with Gasteiger partial charge in [0, 0.05) is 6.07 Å². The summed E-state index contributed by atoms with van der Waals surface area (Å²) < 4.78 is 5.28. The van der Waals surface area contributed by atoms with Crippen LogP contribution < -0.4 is 5.73 Å². The van der Waals surface area contributed by atoms with Crippen LogP contribution >= 0.6 is 0 Å². The van der Waals surface area contributed by atoms with Crippen molar-refractivity contribution in [3.05, 3.63) is 17.5 Å². The van der Waals surface area contributed by atoms with Gasteiger partial charge < -0.3 is 10.3 Å². The molecule has 3 heteroatoms. The number of aryl methyl sites for hydroxylation is 1. The van der Waals surface area contributed by atoms with Gasteiger partial charge in [0.1, 0.15) is 0 Å². The fraction of sp³-hybridized carbons (Fsp3) is 0.786. The Morgan fingerprint density at radius 2 is 1.94 bits per heavy atom. The average Bonchev–Trinajstić information content (AvgIpc) is 2.78. The van der Waals surface area contributed by atoms with E-state index >= 15 is 0 Å². The first-order valence-corrected chi connectivity index (χ1v) is 6.99. The Balaban J connectivity index is 2.25. The van der Waals surface area contributed by atoms with Crippen LogP contribution in [0.4, 0.5) is 0 Å². The van der Waals surface area contributed by atoms with Gasteiger partial charge in [-0.05, 0) is 19.3 Å². The molecular formula is C14H26N2O. The van der Waals surface area contributed by atoms with Crippen molar-refractivity contribution >= 4 is 0 Å². The lowest BCUT2D eigenvalue weighted by Gasteiger charge is -2.03. The summed E-state index contributed by atoms with van der Waals surface area (Å²) >= 11 is 0. The highest BCUT2D eigenvalue weighted by Gasteiger charge is 2.11. The number of hydrogen-bond donors (Lipinski definition) is 1. The van der Waals surface area contributed by atoms with E-state index in [0.717, 1.165) is 30.7 Å². The molecule has 0 amide bonds. The predicted octanol–water partition coefficient (Wildman–Crippen LogP) is 3.99. The molecule has 0 saturated carbocycles. The minimum Gasteiger partial charge on any atom is -0.359 e. The summed E-state index contributed by atoms with van der Waals surface area (Å²) in [6, 6.07) is 2.04. The fourth-order valence-electron chi connectivity index (χ4n) is 1.98. The second-order valence-electron chi connectivity index (χ2n) is 4.78. The molecule has 1 aromatic rings. The summed E-state index contributed by atoms with van der Waals surface area (Å²) in [5.41, 5.74) is 7.04. The maximum absolute atomic E-state index is 5.98. The minimum absolute atomic E-state index is 0.0151. The van der Waals surface area contributed by atoms with Crippen molar-refractivity contribution in [2.45, 2.75) is 71.3 Å². The first kappa shape index (κ1) is 14.2. The monoisotopic (exact) mass is 238 g/mol. The van der Waals surface area contributed by atoms with Gasteiger partial charge in [-0.2, -0.15) is 0 Å². The third-order valence-corrected chi connectivity index (χ3v) is 3.08. The van der Waals surface area contributed by atoms with Gasteiger partial charge in [-0.1, -0.05) is 51.1 Å². The number of hydrogen-bond acceptors (Lipinski definition) is 3. The molecule has 0 aliphatic heterocycles. The number of rotatable bonds is 9. The molecule has 0 fully saturated rings. The maximum Gasteiger partial charge on any atom is 0.153 e. The number of nitrogens with zero attached hydrogens (tertiary/aromatic N) is 1. The smallest absolute Gasteiger partial charge is 0.153 e. The molecule has 1 unspecified atom stereocenters. The van der Waals surface area contributed by atoms with E-state index in [-0.39, 0.29) is 6.04 Å². The molecule has 0 aromatic carbocycles. The second kappa shape index (κ2) is 8.29. The topological polar surface area (TPSA) is 52.0 Å². The maximum atomic E-state index is 5.98. The summed E-state index contributed by atoms with van der Waals surface area (Å²) in [6.07, 6.45) is 9.51. The standard InChI is InChI=1S/C14H26N2O/c1-3-5-6-7-8-10-12-11-14(17-16-12)13(15)9-4-2/h11,13H,3-10,15H2,1-2H3. The van der Waals surface area contributed by atoms with E-state index < -0.39 is 0 Å². The molecule has 0 aliphatic rings. The van der Waals surface area contributed by atoms with Gasteiger partial charge in [0.25, 0.3) is 0 Å². The zero-order valence-corrected chi connectivity index (χ0v) is 11.2. The van der Waals surface area contributed by atoms with Gasteiger partial charge >= 0.3 is 0 Å². The molecule has 2 N–H and O–H groups in total. The molecule has 98 valence electrons. The molecule has 1 atom stereocenters. The van der Waals surface area contributed by atoms with E-state index in [1.807, 2.05) is 6.07 Å². The summed E-state index contributed by atoms with van der Waals surface area (Å²) in [4.78, 5) is 0. The second-order valence-corrected chi connectivity index (χ2v) is 4.78. The van der Waals surface area contributed by atoms with Crippen LogP contribution in [0.25, 0.3) is 0 Å². The van der Waals surface area contributed by atoms with Crippen LogP contribution in [-0.4, -0.2) is 5.16 Å². The Bertz CT molecular complexity index is 296. The first-order valence-electron chi connectivity index (χ1n) is 6.99. The molecule has 3 nitrogen and oxygen atoms in total. The zero-order chi connectivity index (χ0) is 12.5. The van der Waals surface area contributed by atoms with Gasteiger partial charge in [0.15, 0.2) is 5.76 Å². The Morgan fingerprint density at radius 3 is 2.65 bits per heavy atom. The molecule has 1 heterocycles. The zero-order valence-electron chi connectivity index (χ0n) is 11.2. The summed E-state index contributed by atoms with van der Waals surface area (Å²) in [7, 11) is 0. The third-order valence-electron chi connectivity index (χ3n) is 3.08. The number of nitrogens with two attached hydrogens (primary N) is 1. The minimum atomic E-state index is 0.0151. The third kappa shape index (κ3) is 5.35.